The van der Waals surface area contributed by atoms with E-state index in [1.54, 1.807) is 0 Å². The SMILES string of the molecule is O=C(O)N1CCC2(CC1)N=C(c1cccc3c1OC(F)(F)O3)NC2=O. The fraction of sp³-hybridized carbons (Fsp3) is 0.400. The first kappa shape index (κ1) is 15.6. The maximum absolute atomic E-state index is 13.3. The van der Waals surface area contributed by atoms with Gasteiger partial charge in [0.1, 0.15) is 11.4 Å². The van der Waals surface area contributed by atoms with Gasteiger partial charge in [-0.3, -0.25) is 9.79 Å². The van der Waals surface area contributed by atoms with E-state index in [1.807, 2.05) is 0 Å². The Kier molecular flexibility index (Phi) is 3.15. The summed E-state index contributed by atoms with van der Waals surface area (Å²) >= 11 is 0. The number of carboxylic acid groups (broad SMARTS) is 1. The normalized spacial score (nSPS) is 22.7. The fourth-order valence-corrected chi connectivity index (χ4v) is 3.21. The van der Waals surface area contributed by atoms with Crippen LogP contribution in [0.1, 0.15) is 18.4 Å². The number of hydrogen-bond acceptors (Lipinski definition) is 5. The molecule has 1 spiro atoms. The molecule has 0 unspecified atom stereocenters. The predicted molar refractivity (Wildman–Crippen MR) is 78.9 cm³/mol. The number of hydrogen-bond donors (Lipinski definition) is 2. The van der Waals surface area contributed by atoms with Gasteiger partial charge in [0.05, 0.1) is 5.56 Å². The second kappa shape index (κ2) is 5.04. The van der Waals surface area contributed by atoms with Crippen LogP contribution in [0.15, 0.2) is 23.2 Å². The number of aliphatic imine (C=N–C) groups is 1. The molecule has 2 N–H and O–H groups in total. The van der Waals surface area contributed by atoms with Crippen molar-refractivity contribution >= 4 is 17.8 Å². The van der Waals surface area contributed by atoms with Gasteiger partial charge in [0.2, 0.25) is 0 Å². The highest BCUT2D eigenvalue weighted by Crippen LogP contribution is 2.44. The van der Waals surface area contributed by atoms with E-state index in [1.165, 1.54) is 23.1 Å². The van der Waals surface area contributed by atoms with Crippen LogP contribution < -0.4 is 14.8 Å². The van der Waals surface area contributed by atoms with Crippen LogP contribution in [0.4, 0.5) is 13.6 Å². The minimum atomic E-state index is -3.77. The summed E-state index contributed by atoms with van der Waals surface area (Å²) in [6, 6.07) is 4.32. The van der Waals surface area contributed by atoms with E-state index in [4.69, 9.17) is 5.11 Å². The fourth-order valence-electron chi connectivity index (χ4n) is 3.21. The Morgan fingerprint density at radius 2 is 2.00 bits per heavy atom. The monoisotopic (exact) mass is 353 g/mol. The lowest BCUT2D eigenvalue weighted by atomic mass is 9.88. The number of likely N-dealkylation sites (tertiary alicyclic amines) is 1. The molecule has 0 bridgehead atoms. The van der Waals surface area contributed by atoms with Gasteiger partial charge in [0, 0.05) is 13.1 Å². The van der Waals surface area contributed by atoms with Crippen LogP contribution in [0.2, 0.25) is 0 Å². The van der Waals surface area contributed by atoms with Crippen molar-refractivity contribution in [2.75, 3.05) is 13.1 Å². The second-order valence-electron chi connectivity index (χ2n) is 6.02. The first-order valence-electron chi connectivity index (χ1n) is 7.58. The van der Waals surface area contributed by atoms with Gasteiger partial charge in [0.25, 0.3) is 5.91 Å². The summed E-state index contributed by atoms with van der Waals surface area (Å²) in [6.45, 7) is 0.341. The molecule has 25 heavy (non-hydrogen) atoms. The molecule has 10 heteroatoms. The summed E-state index contributed by atoms with van der Waals surface area (Å²) in [4.78, 5) is 29.0. The number of fused-ring (bicyclic) bond motifs is 1. The molecular weight excluding hydrogens is 340 g/mol. The van der Waals surface area contributed by atoms with Gasteiger partial charge in [-0.15, -0.1) is 8.78 Å². The maximum Gasteiger partial charge on any atom is 0.586 e. The number of piperidine rings is 1. The molecule has 1 aromatic carbocycles. The average Bonchev–Trinajstić information content (AvgIpc) is 3.03. The van der Waals surface area contributed by atoms with E-state index in [9.17, 15) is 18.4 Å². The number of halogens is 2. The number of carbonyl (C=O) groups excluding carboxylic acids is 1. The Bertz CT molecular complexity index is 802. The number of carbonyl (C=O) groups is 2. The van der Waals surface area contributed by atoms with Crippen molar-refractivity contribution in [1.82, 2.24) is 10.2 Å². The van der Waals surface area contributed by atoms with Crippen LogP contribution in [-0.2, 0) is 4.79 Å². The Morgan fingerprint density at radius 3 is 2.68 bits per heavy atom. The Morgan fingerprint density at radius 1 is 1.28 bits per heavy atom. The van der Waals surface area contributed by atoms with Crippen LogP contribution >= 0.6 is 0 Å². The molecule has 0 saturated carbocycles. The average molecular weight is 353 g/mol. The van der Waals surface area contributed by atoms with Crippen LogP contribution in [-0.4, -0.2) is 52.8 Å². The highest BCUT2D eigenvalue weighted by atomic mass is 19.3. The van der Waals surface area contributed by atoms with Gasteiger partial charge < -0.3 is 24.8 Å². The van der Waals surface area contributed by atoms with E-state index < -0.39 is 17.9 Å². The predicted octanol–water partition coefficient (Wildman–Crippen LogP) is 1.40. The number of amidine groups is 1. The second-order valence-corrected chi connectivity index (χ2v) is 6.02. The van der Waals surface area contributed by atoms with Crippen molar-refractivity contribution in [3.8, 4) is 11.5 Å². The standard InChI is InChI=1S/C15H13F2N3O5/c16-15(17)24-9-3-1-2-8(10(9)25-15)11-18-12(21)14(19-11)4-6-20(7-5-14)13(22)23/h1-3H,4-7H2,(H,22,23)(H,18,19,21). The highest BCUT2D eigenvalue weighted by Gasteiger charge is 2.49. The minimum absolute atomic E-state index is 0.118. The number of rotatable bonds is 1. The molecule has 132 valence electrons. The van der Waals surface area contributed by atoms with Crippen molar-refractivity contribution in [3.05, 3.63) is 23.8 Å². The molecule has 0 radical (unpaired) electrons. The van der Waals surface area contributed by atoms with Crippen LogP contribution in [0.5, 0.6) is 11.5 Å². The van der Waals surface area contributed by atoms with Crippen molar-refractivity contribution in [2.45, 2.75) is 24.7 Å². The molecule has 1 fully saturated rings. The lowest BCUT2D eigenvalue weighted by Gasteiger charge is -2.33. The molecule has 3 aliphatic heterocycles. The zero-order valence-electron chi connectivity index (χ0n) is 12.8. The number of nitrogens with one attached hydrogen (secondary N) is 1. The number of nitrogens with zero attached hydrogens (tertiary/aromatic N) is 2. The molecule has 2 amide bonds. The van der Waals surface area contributed by atoms with E-state index in [0.717, 1.165) is 0 Å². The topological polar surface area (TPSA) is 100 Å². The first-order chi connectivity index (χ1) is 11.8. The molecule has 8 nitrogen and oxygen atoms in total. The molecular formula is C15H13F2N3O5. The quantitative estimate of drug-likeness (QED) is 0.795. The lowest BCUT2D eigenvalue weighted by molar-refractivity contribution is -0.286. The van der Waals surface area contributed by atoms with Crippen LogP contribution in [0.25, 0.3) is 0 Å². The third-order valence-corrected chi connectivity index (χ3v) is 4.53. The Hall–Kier alpha value is -2.91. The van der Waals surface area contributed by atoms with Crippen LogP contribution in [0, 0.1) is 0 Å². The Balaban J connectivity index is 1.65. The van der Waals surface area contributed by atoms with Gasteiger partial charge >= 0.3 is 12.4 Å². The summed E-state index contributed by atoms with van der Waals surface area (Å²) in [6.07, 6.45) is -4.38. The van der Waals surface area contributed by atoms with Gasteiger partial charge in [-0.25, -0.2) is 4.79 Å². The number of amides is 2. The van der Waals surface area contributed by atoms with Crippen LogP contribution in [0.3, 0.4) is 0 Å². The highest BCUT2D eigenvalue weighted by molar-refractivity contribution is 6.16. The summed E-state index contributed by atoms with van der Waals surface area (Å²) in [5, 5.41) is 11.6. The summed E-state index contributed by atoms with van der Waals surface area (Å²) in [7, 11) is 0. The number of ether oxygens (including phenoxy) is 2. The van der Waals surface area contributed by atoms with E-state index in [2.05, 4.69) is 19.8 Å². The third-order valence-electron chi connectivity index (χ3n) is 4.53. The van der Waals surface area contributed by atoms with E-state index in [-0.39, 0.29) is 54.7 Å². The maximum atomic E-state index is 13.3. The largest absolute Gasteiger partial charge is 0.586 e. The molecule has 3 heterocycles. The minimum Gasteiger partial charge on any atom is -0.465 e. The summed E-state index contributed by atoms with van der Waals surface area (Å²) < 4.78 is 35.6. The molecule has 0 atom stereocenters. The smallest absolute Gasteiger partial charge is 0.465 e. The molecule has 1 saturated heterocycles. The van der Waals surface area contributed by atoms with E-state index in [0.29, 0.717) is 0 Å². The summed E-state index contributed by atoms with van der Waals surface area (Å²) in [5.41, 5.74) is -0.896. The zero-order valence-corrected chi connectivity index (χ0v) is 12.8. The lowest BCUT2D eigenvalue weighted by Crippen LogP contribution is -2.50. The first-order valence-corrected chi connectivity index (χ1v) is 7.58. The number of benzene rings is 1. The molecule has 1 aromatic rings. The van der Waals surface area contributed by atoms with Gasteiger partial charge in [0.15, 0.2) is 11.5 Å². The van der Waals surface area contributed by atoms with Gasteiger partial charge in [-0.05, 0) is 25.0 Å². The molecule has 0 aromatic heterocycles. The molecule has 4 rings (SSSR count). The molecule has 0 aliphatic carbocycles. The van der Waals surface area contributed by atoms with Crippen molar-refractivity contribution < 1.29 is 33.0 Å². The van der Waals surface area contributed by atoms with Gasteiger partial charge in [-0.2, -0.15) is 0 Å². The van der Waals surface area contributed by atoms with Gasteiger partial charge in [-0.1, -0.05) is 6.07 Å². The van der Waals surface area contributed by atoms with Crippen molar-refractivity contribution in [2.24, 2.45) is 4.99 Å². The zero-order chi connectivity index (χ0) is 17.8. The third kappa shape index (κ3) is 2.44. The van der Waals surface area contributed by atoms with E-state index >= 15 is 0 Å². The Labute approximate surface area is 140 Å². The number of para-hydroxylation sites is 1. The van der Waals surface area contributed by atoms with Crippen molar-refractivity contribution in [1.29, 1.82) is 0 Å². The summed E-state index contributed by atoms with van der Waals surface area (Å²) in [5.74, 6) is -0.588. The van der Waals surface area contributed by atoms with Crippen molar-refractivity contribution in [3.63, 3.8) is 0 Å². The molecule has 3 aliphatic rings. The number of alkyl halides is 2.